The van der Waals surface area contributed by atoms with E-state index in [1.165, 1.54) is 44.3 Å². The van der Waals surface area contributed by atoms with Crippen molar-refractivity contribution in [2.24, 2.45) is 0 Å². The second-order valence-corrected chi connectivity index (χ2v) is 5.05. The molecular formula is C17H10. The monoisotopic (exact) mass is 214 g/mol. The van der Waals surface area contributed by atoms with Crippen LogP contribution in [0.4, 0.5) is 0 Å². The fraction of sp³-hybridized carbons (Fsp3) is 0.0588. The van der Waals surface area contributed by atoms with Crippen LogP contribution in [0.15, 0.2) is 48.5 Å². The zero-order chi connectivity index (χ0) is 11.0. The molecule has 1 aliphatic carbocycles. The molecule has 0 unspecified atom stereocenters. The minimum atomic E-state index is 1.19. The van der Waals surface area contributed by atoms with Crippen molar-refractivity contribution < 1.29 is 0 Å². The Morgan fingerprint density at radius 2 is 1.47 bits per heavy atom. The molecule has 0 N–H and O–H groups in total. The highest BCUT2D eigenvalue weighted by Gasteiger charge is 2.22. The Labute approximate surface area is 98.8 Å². The molecule has 5 rings (SSSR count). The highest BCUT2D eigenvalue weighted by Crippen LogP contribution is 2.43. The summed E-state index contributed by atoms with van der Waals surface area (Å²) in [5, 5.41) is 8.51. The summed E-state index contributed by atoms with van der Waals surface area (Å²) in [4.78, 5) is 0. The van der Waals surface area contributed by atoms with Crippen LogP contribution in [0.3, 0.4) is 0 Å². The minimum Gasteiger partial charge on any atom is -0.0610 e. The third-order valence-electron chi connectivity index (χ3n) is 4.09. The van der Waals surface area contributed by atoms with Crippen LogP contribution >= 0.6 is 0 Å². The zero-order valence-corrected chi connectivity index (χ0v) is 9.33. The summed E-state index contributed by atoms with van der Waals surface area (Å²) >= 11 is 0. The Kier molecular flexibility index (Phi) is 1.15. The van der Waals surface area contributed by atoms with Crippen molar-refractivity contribution in [1.82, 2.24) is 0 Å². The SMILES string of the molecule is c1cc2ccc3cc4c(c5ccc(c1)c2c35)C4. The average Bonchev–Trinajstić information content (AvgIpc) is 3.14. The van der Waals surface area contributed by atoms with E-state index in [1.807, 2.05) is 0 Å². The molecule has 0 nitrogen and oxygen atoms in total. The Morgan fingerprint density at radius 1 is 0.706 bits per heavy atom. The molecule has 17 heavy (non-hydrogen) atoms. The number of rotatable bonds is 0. The highest BCUT2D eigenvalue weighted by molar-refractivity contribution is 6.24. The molecule has 0 fully saturated rings. The summed E-state index contributed by atoms with van der Waals surface area (Å²) in [6.07, 6.45) is 1.19. The predicted molar refractivity (Wildman–Crippen MR) is 73.0 cm³/mol. The topological polar surface area (TPSA) is 0 Å². The van der Waals surface area contributed by atoms with Crippen LogP contribution in [0.2, 0.25) is 0 Å². The average molecular weight is 214 g/mol. The lowest BCUT2D eigenvalue weighted by Crippen LogP contribution is -1.82. The van der Waals surface area contributed by atoms with E-state index in [9.17, 15) is 0 Å². The molecule has 0 heterocycles. The van der Waals surface area contributed by atoms with Gasteiger partial charge in [-0.3, -0.25) is 0 Å². The second-order valence-electron chi connectivity index (χ2n) is 5.05. The lowest BCUT2D eigenvalue weighted by atomic mass is 9.94. The Bertz CT molecular complexity index is 884. The molecule has 0 heteroatoms. The summed E-state index contributed by atoms with van der Waals surface area (Å²) in [6.45, 7) is 0. The quantitative estimate of drug-likeness (QED) is 0.333. The number of hydrogen-bond donors (Lipinski definition) is 0. The molecule has 0 aromatic heterocycles. The van der Waals surface area contributed by atoms with Crippen LogP contribution in [0.1, 0.15) is 11.1 Å². The number of hydrogen-bond acceptors (Lipinski definition) is 0. The van der Waals surface area contributed by atoms with Crippen LogP contribution in [0.25, 0.3) is 32.3 Å². The van der Waals surface area contributed by atoms with Gasteiger partial charge in [-0.05, 0) is 49.9 Å². The second kappa shape index (κ2) is 2.43. The maximum atomic E-state index is 2.36. The lowest BCUT2D eigenvalue weighted by molar-refractivity contribution is 1.62. The van der Waals surface area contributed by atoms with E-state index in [-0.39, 0.29) is 0 Å². The van der Waals surface area contributed by atoms with Crippen molar-refractivity contribution in [1.29, 1.82) is 0 Å². The maximum Gasteiger partial charge on any atom is -0.00135 e. The van der Waals surface area contributed by atoms with E-state index in [1.54, 1.807) is 5.56 Å². The van der Waals surface area contributed by atoms with Crippen LogP contribution in [0.5, 0.6) is 0 Å². The molecular weight excluding hydrogens is 204 g/mol. The van der Waals surface area contributed by atoms with E-state index in [0.29, 0.717) is 0 Å². The molecule has 4 aromatic rings. The molecule has 0 saturated carbocycles. The Morgan fingerprint density at radius 3 is 2.35 bits per heavy atom. The molecule has 0 amide bonds. The first-order chi connectivity index (χ1) is 8.42. The van der Waals surface area contributed by atoms with Crippen molar-refractivity contribution >= 4 is 32.3 Å². The van der Waals surface area contributed by atoms with Gasteiger partial charge in [0.05, 0.1) is 0 Å². The van der Waals surface area contributed by atoms with E-state index in [4.69, 9.17) is 0 Å². The molecule has 0 radical (unpaired) electrons. The first kappa shape index (κ1) is 8.08. The van der Waals surface area contributed by atoms with E-state index >= 15 is 0 Å². The van der Waals surface area contributed by atoms with Crippen molar-refractivity contribution in [3.8, 4) is 0 Å². The molecule has 0 atom stereocenters. The van der Waals surface area contributed by atoms with Crippen molar-refractivity contribution in [2.75, 3.05) is 0 Å². The third-order valence-corrected chi connectivity index (χ3v) is 4.09. The Balaban J connectivity index is 2.27. The fourth-order valence-electron chi connectivity index (χ4n) is 3.22. The third kappa shape index (κ3) is 0.861. The van der Waals surface area contributed by atoms with Gasteiger partial charge >= 0.3 is 0 Å². The van der Waals surface area contributed by atoms with Crippen LogP contribution < -0.4 is 0 Å². The van der Waals surface area contributed by atoms with Crippen molar-refractivity contribution in [3.05, 3.63) is 59.7 Å². The van der Waals surface area contributed by atoms with Crippen molar-refractivity contribution in [3.63, 3.8) is 0 Å². The van der Waals surface area contributed by atoms with Gasteiger partial charge in [-0.15, -0.1) is 0 Å². The van der Waals surface area contributed by atoms with Gasteiger partial charge < -0.3 is 0 Å². The van der Waals surface area contributed by atoms with Gasteiger partial charge in [0.2, 0.25) is 0 Å². The van der Waals surface area contributed by atoms with Crippen molar-refractivity contribution in [2.45, 2.75) is 6.42 Å². The first-order valence-electron chi connectivity index (χ1n) is 6.10. The summed E-state index contributed by atoms with van der Waals surface area (Å²) in [5.74, 6) is 0. The summed E-state index contributed by atoms with van der Waals surface area (Å²) in [7, 11) is 0. The smallest absolute Gasteiger partial charge is 0.00135 e. The summed E-state index contributed by atoms with van der Waals surface area (Å²) < 4.78 is 0. The highest BCUT2D eigenvalue weighted by atomic mass is 14.3. The van der Waals surface area contributed by atoms with Crippen LogP contribution in [-0.4, -0.2) is 0 Å². The summed E-state index contributed by atoms with van der Waals surface area (Å²) in [6, 6.07) is 18.0. The number of benzene rings is 4. The van der Waals surface area contributed by atoms with Gasteiger partial charge in [-0.1, -0.05) is 48.5 Å². The van der Waals surface area contributed by atoms with Gasteiger partial charge in [0.25, 0.3) is 0 Å². The largest absolute Gasteiger partial charge is 0.0610 e. The number of fused-ring (bicyclic) bond motifs is 2. The maximum absolute atomic E-state index is 2.36. The minimum absolute atomic E-state index is 1.19. The van der Waals surface area contributed by atoms with Gasteiger partial charge in [0.1, 0.15) is 0 Å². The lowest BCUT2D eigenvalue weighted by Gasteiger charge is -2.09. The zero-order valence-electron chi connectivity index (χ0n) is 9.33. The van der Waals surface area contributed by atoms with E-state index in [2.05, 4.69) is 48.5 Å². The normalized spacial score (nSPS) is 13.6. The standard InChI is InChI=1S/C17H10/c1-2-10-4-5-12-8-13-9-15(13)14-7-6-11(3-1)16(10)17(12)14/h1-8H,9H2. The molecule has 78 valence electrons. The molecule has 4 aromatic carbocycles. The van der Waals surface area contributed by atoms with Crippen LogP contribution in [0, 0.1) is 0 Å². The van der Waals surface area contributed by atoms with E-state index in [0.717, 1.165) is 0 Å². The van der Waals surface area contributed by atoms with Gasteiger partial charge in [0.15, 0.2) is 0 Å². The molecule has 0 aliphatic heterocycles. The van der Waals surface area contributed by atoms with Crippen LogP contribution in [-0.2, 0) is 6.42 Å². The first-order valence-corrected chi connectivity index (χ1v) is 6.10. The summed E-state index contributed by atoms with van der Waals surface area (Å²) in [5.41, 5.74) is 3.10. The van der Waals surface area contributed by atoms with E-state index < -0.39 is 0 Å². The van der Waals surface area contributed by atoms with Gasteiger partial charge in [0, 0.05) is 0 Å². The van der Waals surface area contributed by atoms with Gasteiger partial charge in [-0.2, -0.15) is 0 Å². The molecule has 0 bridgehead atoms. The molecule has 1 aliphatic rings. The fourth-order valence-corrected chi connectivity index (χ4v) is 3.22. The molecule has 0 spiro atoms. The molecule has 0 saturated heterocycles. The van der Waals surface area contributed by atoms with Gasteiger partial charge in [-0.25, -0.2) is 0 Å². The Hall–Kier alpha value is -2.08. The predicted octanol–water partition coefficient (Wildman–Crippen LogP) is 4.49.